The maximum absolute atomic E-state index is 6.09. The summed E-state index contributed by atoms with van der Waals surface area (Å²) in [6.45, 7) is 4.03. The molecule has 0 fully saturated rings. The Morgan fingerprint density at radius 3 is 2.84 bits per heavy atom. The maximum atomic E-state index is 6.09. The Bertz CT molecular complexity index is 537. The van der Waals surface area contributed by atoms with Gasteiger partial charge in [0.15, 0.2) is 0 Å². The number of aromatic nitrogens is 1. The molecule has 0 amide bonds. The third kappa shape index (κ3) is 3.67. The van der Waals surface area contributed by atoms with Crippen LogP contribution in [0.15, 0.2) is 36.7 Å². The van der Waals surface area contributed by atoms with Crippen LogP contribution in [0.2, 0.25) is 5.02 Å². The zero-order chi connectivity index (χ0) is 13.7. The average Bonchev–Trinajstić information content (AvgIpc) is 2.85. The zero-order valence-corrected chi connectivity index (χ0v) is 12.1. The molecule has 2 aromatic rings. The van der Waals surface area contributed by atoms with Crippen molar-refractivity contribution in [3.05, 3.63) is 47.2 Å². The van der Waals surface area contributed by atoms with Gasteiger partial charge < -0.3 is 14.6 Å². The Labute approximate surface area is 119 Å². The molecular formula is C15H19ClN2O. The minimum Gasteiger partial charge on any atom is -0.495 e. The summed E-state index contributed by atoms with van der Waals surface area (Å²) < 4.78 is 7.34. The molecule has 1 aromatic heterocycles. The molecule has 102 valence electrons. The molecule has 0 atom stereocenters. The molecule has 2 rings (SSSR count). The van der Waals surface area contributed by atoms with Crippen LogP contribution in [0.4, 0.5) is 5.69 Å². The van der Waals surface area contributed by atoms with E-state index >= 15 is 0 Å². The lowest BCUT2D eigenvalue weighted by molar-refractivity contribution is 0.415. The van der Waals surface area contributed by atoms with Crippen LogP contribution in [0.1, 0.15) is 18.9 Å². The third-order valence-corrected chi connectivity index (χ3v) is 3.24. The quantitative estimate of drug-likeness (QED) is 0.858. The van der Waals surface area contributed by atoms with Crippen LogP contribution in [0, 0.1) is 0 Å². The summed E-state index contributed by atoms with van der Waals surface area (Å²) in [5.74, 6) is 0.696. The second kappa shape index (κ2) is 6.53. The number of halogens is 1. The standard InChI is InChI=1S/C15H19ClN2O/c1-3-7-18-8-6-12(11-18)10-17-13-4-5-15(19-2)14(16)9-13/h4-6,8-9,11,17H,3,7,10H2,1-2H3. The second-order valence-corrected chi connectivity index (χ2v) is 4.87. The van der Waals surface area contributed by atoms with Gasteiger partial charge in [0.1, 0.15) is 5.75 Å². The Kier molecular flexibility index (Phi) is 4.74. The van der Waals surface area contributed by atoms with Crippen molar-refractivity contribution in [2.75, 3.05) is 12.4 Å². The van der Waals surface area contributed by atoms with E-state index < -0.39 is 0 Å². The topological polar surface area (TPSA) is 26.2 Å². The lowest BCUT2D eigenvalue weighted by Gasteiger charge is -2.08. The summed E-state index contributed by atoms with van der Waals surface area (Å²) in [4.78, 5) is 0. The van der Waals surface area contributed by atoms with Gasteiger partial charge in [-0.25, -0.2) is 0 Å². The molecule has 0 radical (unpaired) electrons. The smallest absolute Gasteiger partial charge is 0.137 e. The fraction of sp³-hybridized carbons (Fsp3) is 0.333. The average molecular weight is 279 g/mol. The number of ether oxygens (including phenoxy) is 1. The lowest BCUT2D eigenvalue weighted by atomic mass is 10.2. The molecule has 0 spiro atoms. The summed E-state index contributed by atoms with van der Waals surface area (Å²) in [5.41, 5.74) is 2.26. The van der Waals surface area contributed by atoms with Crippen molar-refractivity contribution in [3.8, 4) is 5.75 Å². The van der Waals surface area contributed by atoms with Crippen molar-refractivity contribution < 1.29 is 4.74 Å². The molecule has 0 aliphatic carbocycles. The highest BCUT2D eigenvalue weighted by Crippen LogP contribution is 2.27. The number of hydrogen-bond donors (Lipinski definition) is 1. The maximum Gasteiger partial charge on any atom is 0.137 e. The molecule has 1 aromatic carbocycles. The van der Waals surface area contributed by atoms with Gasteiger partial charge in [-0.05, 0) is 36.2 Å². The minimum absolute atomic E-state index is 0.621. The first kappa shape index (κ1) is 13.8. The van der Waals surface area contributed by atoms with Gasteiger partial charge >= 0.3 is 0 Å². The summed E-state index contributed by atoms with van der Waals surface area (Å²) >= 11 is 6.09. The van der Waals surface area contributed by atoms with Gasteiger partial charge in [-0.2, -0.15) is 0 Å². The molecule has 0 aliphatic rings. The van der Waals surface area contributed by atoms with Gasteiger partial charge in [0, 0.05) is 31.2 Å². The molecule has 4 heteroatoms. The van der Waals surface area contributed by atoms with E-state index in [0.29, 0.717) is 10.8 Å². The Morgan fingerprint density at radius 1 is 1.32 bits per heavy atom. The fourth-order valence-electron chi connectivity index (χ4n) is 1.97. The molecule has 19 heavy (non-hydrogen) atoms. The number of benzene rings is 1. The number of methoxy groups -OCH3 is 1. The number of aryl methyl sites for hydroxylation is 1. The van der Waals surface area contributed by atoms with Crippen molar-refractivity contribution in [2.45, 2.75) is 26.4 Å². The van der Waals surface area contributed by atoms with Crippen molar-refractivity contribution in [3.63, 3.8) is 0 Å². The first-order valence-corrected chi connectivity index (χ1v) is 6.82. The van der Waals surface area contributed by atoms with Crippen molar-refractivity contribution >= 4 is 17.3 Å². The Balaban J connectivity index is 1.95. The first-order chi connectivity index (χ1) is 9.22. The van der Waals surface area contributed by atoms with Crippen LogP contribution in [0.25, 0.3) is 0 Å². The lowest BCUT2D eigenvalue weighted by Crippen LogP contribution is -1.99. The predicted octanol–water partition coefficient (Wildman–Crippen LogP) is 4.17. The highest BCUT2D eigenvalue weighted by molar-refractivity contribution is 6.32. The summed E-state index contributed by atoms with van der Waals surface area (Å²) in [7, 11) is 1.62. The minimum atomic E-state index is 0.621. The largest absolute Gasteiger partial charge is 0.495 e. The zero-order valence-electron chi connectivity index (χ0n) is 11.3. The molecule has 1 N–H and O–H groups in total. The number of nitrogens with zero attached hydrogens (tertiary/aromatic N) is 1. The number of nitrogens with one attached hydrogen (secondary N) is 1. The van der Waals surface area contributed by atoms with E-state index in [4.69, 9.17) is 16.3 Å². The van der Waals surface area contributed by atoms with Crippen LogP contribution in [0.3, 0.4) is 0 Å². The van der Waals surface area contributed by atoms with Gasteiger partial charge in [-0.15, -0.1) is 0 Å². The van der Waals surface area contributed by atoms with Crippen LogP contribution in [0.5, 0.6) is 5.75 Å². The SMILES string of the molecule is CCCn1ccc(CNc2ccc(OC)c(Cl)c2)c1. The van der Waals surface area contributed by atoms with E-state index in [1.807, 2.05) is 18.2 Å². The fourth-order valence-corrected chi connectivity index (χ4v) is 2.23. The van der Waals surface area contributed by atoms with Crippen molar-refractivity contribution in [1.82, 2.24) is 4.57 Å². The van der Waals surface area contributed by atoms with E-state index in [9.17, 15) is 0 Å². The summed E-state index contributed by atoms with van der Waals surface area (Å²) in [5, 5.41) is 3.98. The third-order valence-electron chi connectivity index (χ3n) is 2.94. The van der Waals surface area contributed by atoms with E-state index in [1.165, 1.54) is 5.56 Å². The van der Waals surface area contributed by atoms with E-state index in [0.717, 1.165) is 25.2 Å². The van der Waals surface area contributed by atoms with E-state index in [-0.39, 0.29) is 0 Å². The molecule has 0 bridgehead atoms. The number of anilines is 1. The second-order valence-electron chi connectivity index (χ2n) is 4.46. The highest BCUT2D eigenvalue weighted by atomic mass is 35.5. The molecule has 0 aliphatic heterocycles. The first-order valence-electron chi connectivity index (χ1n) is 6.45. The molecular weight excluding hydrogens is 260 g/mol. The Morgan fingerprint density at radius 2 is 2.16 bits per heavy atom. The highest BCUT2D eigenvalue weighted by Gasteiger charge is 2.02. The van der Waals surface area contributed by atoms with Crippen LogP contribution >= 0.6 is 11.6 Å². The van der Waals surface area contributed by atoms with Gasteiger partial charge in [0.05, 0.1) is 12.1 Å². The van der Waals surface area contributed by atoms with Crippen LogP contribution in [-0.4, -0.2) is 11.7 Å². The summed E-state index contributed by atoms with van der Waals surface area (Å²) in [6, 6.07) is 7.85. The van der Waals surface area contributed by atoms with Gasteiger partial charge in [-0.3, -0.25) is 0 Å². The van der Waals surface area contributed by atoms with Gasteiger partial charge in [0.2, 0.25) is 0 Å². The Hall–Kier alpha value is -1.61. The number of hydrogen-bond acceptors (Lipinski definition) is 2. The molecule has 0 saturated heterocycles. The van der Waals surface area contributed by atoms with Gasteiger partial charge in [-0.1, -0.05) is 18.5 Å². The van der Waals surface area contributed by atoms with Gasteiger partial charge in [0.25, 0.3) is 0 Å². The monoisotopic (exact) mass is 278 g/mol. The van der Waals surface area contributed by atoms with E-state index in [2.05, 4.69) is 35.3 Å². The predicted molar refractivity (Wildman–Crippen MR) is 80.1 cm³/mol. The van der Waals surface area contributed by atoms with Crippen molar-refractivity contribution in [2.24, 2.45) is 0 Å². The van der Waals surface area contributed by atoms with Crippen molar-refractivity contribution in [1.29, 1.82) is 0 Å². The van der Waals surface area contributed by atoms with Crippen LogP contribution < -0.4 is 10.1 Å². The summed E-state index contributed by atoms with van der Waals surface area (Å²) in [6.07, 6.45) is 5.43. The number of rotatable bonds is 6. The molecule has 3 nitrogen and oxygen atoms in total. The molecule has 0 saturated carbocycles. The van der Waals surface area contributed by atoms with Crippen LogP contribution in [-0.2, 0) is 13.1 Å². The van der Waals surface area contributed by atoms with E-state index in [1.54, 1.807) is 7.11 Å². The molecule has 0 unspecified atom stereocenters. The normalized spacial score (nSPS) is 10.5. The molecule has 1 heterocycles.